The molecule has 3 fully saturated rings. The molecule has 1 saturated carbocycles. The average molecular weight is 331 g/mol. The number of nitrogens with zero attached hydrogens (tertiary/aromatic N) is 2. The van der Waals surface area contributed by atoms with Gasteiger partial charge >= 0.3 is 0 Å². The minimum absolute atomic E-state index is 0.129. The zero-order valence-corrected chi connectivity index (χ0v) is 14.4. The summed E-state index contributed by atoms with van der Waals surface area (Å²) in [4.78, 5) is 4.94. The fraction of sp³-hybridized carbons (Fsp3) is 1.00. The third-order valence-corrected chi connectivity index (χ3v) is 7.06. The van der Waals surface area contributed by atoms with Gasteiger partial charge in [0.15, 0.2) is 0 Å². The topological polar surface area (TPSA) is 61.9 Å². The fourth-order valence-electron chi connectivity index (χ4n) is 3.47. The number of piperidine rings is 1. The summed E-state index contributed by atoms with van der Waals surface area (Å²) >= 11 is 0. The van der Waals surface area contributed by atoms with Crippen LogP contribution in [0.2, 0.25) is 0 Å². The lowest BCUT2D eigenvalue weighted by Gasteiger charge is -2.41. The Morgan fingerprint density at radius 1 is 1.14 bits per heavy atom. The van der Waals surface area contributed by atoms with Gasteiger partial charge in [-0.25, -0.2) is 13.1 Å². The van der Waals surface area contributed by atoms with Crippen molar-refractivity contribution in [2.24, 2.45) is 0 Å². The molecule has 22 heavy (non-hydrogen) atoms. The highest BCUT2D eigenvalue weighted by atomic mass is 32.2. The van der Waals surface area contributed by atoms with Crippen LogP contribution in [0.5, 0.6) is 0 Å². The Morgan fingerprint density at radius 3 is 2.55 bits per heavy atom. The van der Waals surface area contributed by atoms with Crippen molar-refractivity contribution in [3.05, 3.63) is 0 Å². The molecule has 0 aromatic carbocycles. The van der Waals surface area contributed by atoms with E-state index in [1.165, 1.54) is 25.9 Å². The first-order valence-corrected chi connectivity index (χ1v) is 10.1. The highest BCUT2D eigenvalue weighted by molar-refractivity contribution is 7.90. The summed E-state index contributed by atoms with van der Waals surface area (Å²) in [5.74, 6) is 0. The zero-order chi connectivity index (χ0) is 15.6. The summed E-state index contributed by atoms with van der Waals surface area (Å²) in [5, 5.41) is -0.129. The zero-order valence-electron chi connectivity index (χ0n) is 13.5. The Labute approximate surface area is 134 Å². The Bertz CT molecular complexity index is 459. The third-order valence-electron chi connectivity index (χ3n) is 5.11. The summed E-state index contributed by atoms with van der Waals surface area (Å²) in [5.41, 5.74) is 0. The molecule has 6 nitrogen and oxygen atoms in total. The quantitative estimate of drug-likeness (QED) is 0.756. The van der Waals surface area contributed by atoms with Gasteiger partial charge in [-0.15, -0.1) is 0 Å². The number of rotatable bonds is 6. The number of likely N-dealkylation sites (tertiary alicyclic amines) is 1. The number of hydrogen-bond acceptors (Lipinski definition) is 5. The lowest BCUT2D eigenvalue weighted by atomic mass is 10.0. The van der Waals surface area contributed by atoms with E-state index in [0.29, 0.717) is 12.6 Å². The molecule has 0 radical (unpaired) electrons. The van der Waals surface area contributed by atoms with E-state index in [9.17, 15) is 8.42 Å². The molecule has 1 atom stereocenters. The maximum atomic E-state index is 11.8. The maximum Gasteiger partial charge on any atom is 0.214 e. The molecule has 3 aliphatic rings. The molecule has 1 N–H and O–H groups in total. The van der Waals surface area contributed by atoms with E-state index < -0.39 is 10.0 Å². The van der Waals surface area contributed by atoms with Crippen molar-refractivity contribution in [1.29, 1.82) is 0 Å². The van der Waals surface area contributed by atoms with E-state index in [1.54, 1.807) is 0 Å². The maximum absolute atomic E-state index is 11.8. The molecule has 0 spiro atoms. The minimum atomic E-state index is -3.05. The lowest BCUT2D eigenvalue weighted by molar-refractivity contribution is -0.0530. The van der Waals surface area contributed by atoms with E-state index in [2.05, 4.69) is 21.6 Å². The summed E-state index contributed by atoms with van der Waals surface area (Å²) in [6.45, 7) is 5.58. The van der Waals surface area contributed by atoms with Gasteiger partial charge in [0, 0.05) is 25.7 Å². The molecule has 2 heterocycles. The number of morpholine rings is 1. The lowest BCUT2D eigenvalue weighted by Crippen LogP contribution is -2.51. The second-order valence-corrected chi connectivity index (χ2v) is 8.99. The molecule has 128 valence electrons. The van der Waals surface area contributed by atoms with E-state index in [4.69, 9.17) is 4.74 Å². The van der Waals surface area contributed by atoms with Crippen LogP contribution in [0.1, 0.15) is 32.1 Å². The van der Waals surface area contributed by atoms with Crippen molar-refractivity contribution in [2.45, 2.75) is 49.5 Å². The SMILES string of the molecule is CN1CCC(N2CCO[C@@H](CCNS(=O)(=O)C3CC3)C2)CC1. The summed E-state index contributed by atoms with van der Waals surface area (Å²) in [6, 6.07) is 0.672. The van der Waals surface area contributed by atoms with Gasteiger partial charge in [-0.2, -0.15) is 0 Å². The van der Waals surface area contributed by atoms with Crippen LogP contribution in [-0.2, 0) is 14.8 Å². The van der Waals surface area contributed by atoms with E-state index in [1.807, 2.05) is 0 Å². The highest BCUT2D eigenvalue weighted by Crippen LogP contribution is 2.27. The number of sulfonamides is 1. The largest absolute Gasteiger partial charge is 0.376 e. The third kappa shape index (κ3) is 4.41. The molecule has 7 heteroatoms. The van der Waals surface area contributed by atoms with Crippen molar-refractivity contribution in [3.63, 3.8) is 0 Å². The van der Waals surface area contributed by atoms with E-state index >= 15 is 0 Å². The Kier molecular flexibility index (Phi) is 5.39. The van der Waals surface area contributed by atoms with Crippen molar-refractivity contribution in [3.8, 4) is 0 Å². The van der Waals surface area contributed by atoms with Crippen LogP contribution in [0.25, 0.3) is 0 Å². The van der Waals surface area contributed by atoms with Crippen LogP contribution in [0.4, 0.5) is 0 Å². The number of ether oxygens (including phenoxy) is 1. The average Bonchev–Trinajstić information content (AvgIpc) is 3.33. The Hall–Kier alpha value is -0.210. The van der Waals surface area contributed by atoms with Gasteiger partial charge in [0.05, 0.1) is 18.0 Å². The predicted molar refractivity (Wildman–Crippen MR) is 86.4 cm³/mol. The number of nitrogens with one attached hydrogen (secondary N) is 1. The van der Waals surface area contributed by atoms with Gasteiger partial charge in [-0.3, -0.25) is 4.90 Å². The van der Waals surface area contributed by atoms with Crippen molar-refractivity contribution in [1.82, 2.24) is 14.5 Å². The van der Waals surface area contributed by atoms with E-state index in [0.717, 1.165) is 39.0 Å². The van der Waals surface area contributed by atoms with Crippen molar-refractivity contribution in [2.75, 3.05) is 46.4 Å². The first-order valence-electron chi connectivity index (χ1n) is 8.57. The molecule has 0 bridgehead atoms. The Balaban J connectivity index is 1.40. The molecule has 0 unspecified atom stereocenters. The molecular weight excluding hydrogens is 302 g/mol. The second-order valence-electron chi connectivity index (χ2n) is 6.95. The van der Waals surface area contributed by atoms with Crippen LogP contribution in [0.3, 0.4) is 0 Å². The van der Waals surface area contributed by atoms with Gasteiger partial charge < -0.3 is 9.64 Å². The van der Waals surface area contributed by atoms with Gasteiger partial charge in [-0.05, 0) is 52.2 Å². The monoisotopic (exact) mass is 331 g/mol. The summed E-state index contributed by atoms with van der Waals surface area (Å²) < 4.78 is 32.2. The second kappa shape index (κ2) is 7.13. The smallest absolute Gasteiger partial charge is 0.214 e. The normalized spacial score (nSPS) is 29.8. The molecule has 1 aliphatic carbocycles. The van der Waals surface area contributed by atoms with E-state index in [-0.39, 0.29) is 11.4 Å². The van der Waals surface area contributed by atoms with Crippen LogP contribution < -0.4 is 4.72 Å². The standard InChI is InChI=1S/C15H29N3O3S/c1-17-8-5-13(6-9-17)18-10-11-21-14(12-18)4-7-16-22(19,20)15-2-3-15/h13-16H,2-12H2,1H3/t14-/m0/s1. The molecule has 0 amide bonds. The Morgan fingerprint density at radius 2 is 1.86 bits per heavy atom. The van der Waals surface area contributed by atoms with Gasteiger partial charge in [0.2, 0.25) is 10.0 Å². The van der Waals surface area contributed by atoms with Crippen LogP contribution in [0, 0.1) is 0 Å². The van der Waals surface area contributed by atoms with Crippen molar-refractivity contribution >= 4 is 10.0 Å². The molecule has 2 aliphatic heterocycles. The predicted octanol–water partition coefficient (Wildman–Crippen LogP) is 0.253. The van der Waals surface area contributed by atoms with Gasteiger partial charge in [0.25, 0.3) is 0 Å². The molecule has 2 saturated heterocycles. The highest BCUT2D eigenvalue weighted by Gasteiger charge is 2.35. The van der Waals surface area contributed by atoms with Crippen LogP contribution in [0.15, 0.2) is 0 Å². The first-order chi connectivity index (χ1) is 10.5. The summed E-state index contributed by atoms with van der Waals surface area (Å²) in [6.07, 6.45) is 5.04. The fourth-order valence-corrected chi connectivity index (χ4v) is 4.86. The van der Waals surface area contributed by atoms with Gasteiger partial charge in [-0.1, -0.05) is 0 Å². The summed E-state index contributed by atoms with van der Waals surface area (Å²) in [7, 11) is -0.868. The molecule has 0 aromatic heterocycles. The molecule has 3 rings (SSSR count). The van der Waals surface area contributed by atoms with Gasteiger partial charge in [0.1, 0.15) is 0 Å². The molecular formula is C15H29N3O3S. The number of hydrogen-bond donors (Lipinski definition) is 1. The minimum Gasteiger partial charge on any atom is -0.376 e. The van der Waals surface area contributed by atoms with Crippen molar-refractivity contribution < 1.29 is 13.2 Å². The first kappa shape index (κ1) is 16.6. The molecule has 0 aromatic rings. The van der Waals surface area contributed by atoms with Crippen LogP contribution in [-0.4, -0.2) is 82.0 Å². The van der Waals surface area contributed by atoms with Crippen LogP contribution >= 0.6 is 0 Å².